The molecule has 19 heavy (non-hydrogen) atoms. The predicted octanol–water partition coefficient (Wildman–Crippen LogP) is 0.918. The number of carbonyl (C=O) groups excluding carboxylic acids is 1. The molecule has 0 bridgehead atoms. The van der Waals surface area contributed by atoms with Crippen molar-refractivity contribution in [1.29, 1.82) is 0 Å². The van der Waals surface area contributed by atoms with E-state index >= 15 is 0 Å². The fraction of sp³-hybridized carbons (Fsp3) is 0.500. The number of Topliss-reactive ketones (excluding diaryl/α,β-unsaturated/α-hetero) is 1. The lowest BCUT2D eigenvalue weighted by Crippen LogP contribution is -2.47. The molecule has 0 atom stereocenters. The molecule has 5 heteroatoms. The number of aromatic hydroxyl groups is 2. The normalized spacial score (nSPS) is 17.5. The van der Waals surface area contributed by atoms with E-state index in [-0.39, 0.29) is 17.3 Å². The molecule has 0 amide bonds. The highest BCUT2D eigenvalue weighted by atomic mass is 16.3. The van der Waals surface area contributed by atoms with Gasteiger partial charge in [-0.1, -0.05) is 6.92 Å². The van der Waals surface area contributed by atoms with Crippen LogP contribution in [0.1, 0.15) is 17.3 Å². The highest BCUT2D eigenvalue weighted by molar-refractivity contribution is 5.98. The van der Waals surface area contributed by atoms with Crippen LogP contribution in [0.4, 0.5) is 0 Å². The van der Waals surface area contributed by atoms with Gasteiger partial charge in [-0.3, -0.25) is 9.69 Å². The number of hydrogen-bond donors (Lipinski definition) is 2. The molecular formula is C14H20N2O3. The van der Waals surface area contributed by atoms with Crippen molar-refractivity contribution in [2.24, 2.45) is 0 Å². The number of carbonyl (C=O) groups is 1. The third-order valence-corrected chi connectivity index (χ3v) is 3.58. The van der Waals surface area contributed by atoms with Crippen molar-refractivity contribution in [3.8, 4) is 11.5 Å². The van der Waals surface area contributed by atoms with Crippen LogP contribution in [0.5, 0.6) is 11.5 Å². The van der Waals surface area contributed by atoms with Crippen LogP contribution in [0.25, 0.3) is 0 Å². The summed E-state index contributed by atoms with van der Waals surface area (Å²) < 4.78 is 0. The van der Waals surface area contributed by atoms with E-state index in [1.165, 1.54) is 12.1 Å². The molecule has 1 aliphatic rings. The number of benzene rings is 1. The molecule has 1 aliphatic heterocycles. The Morgan fingerprint density at radius 2 is 1.74 bits per heavy atom. The molecule has 1 fully saturated rings. The van der Waals surface area contributed by atoms with E-state index in [1.54, 1.807) is 6.07 Å². The van der Waals surface area contributed by atoms with Crippen molar-refractivity contribution in [3.63, 3.8) is 0 Å². The van der Waals surface area contributed by atoms with E-state index in [0.29, 0.717) is 12.1 Å². The van der Waals surface area contributed by atoms with Gasteiger partial charge in [0.2, 0.25) is 0 Å². The number of piperazine rings is 1. The zero-order valence-corrected chi connectivity index (χ0v) is 11.2. The van der Waals surface area contributed by atoms with Gasteiger partial charge in [-0.15, -0.1) is 0 Å². The third kappa shape index (κ3) is 3.45. The molecule has 0 aromatic heterocycles. The second-order valence-electron chi connectivity index (χ2n) is 4.84. The lowest BCUT2D eigenvalue weighted by Gasteiger charge is -2.33. The lowest BCUT2D eigenvalue weighted by atomic mass is 10.1. The Kier molecular flexibility index (Phi) is 4.39. The van der Waals surface area contributed by atoms with E-state index in [4.69, 9.17) is 0 Å². The molecule has 1 heterocycles. The first-order valence-electron chi connectivity index (χ1n) is 6.60. The first-order valence-corrected chi connectivity index (χ1v) is 6.60. The summed E-state index contributed by atoms with van der Waals surface area (Å²) in [4.78, 5) is 16.6. The zero-order valence-electron chi connectivity index (χ0n) is 11.2. The van der Waals surface area contributed by atoms with E-state index in [0.717, 1.165) is 32.7 Å². The number of likely N-dealkylation sites (N-methyl/N-ethyl adjacent to an activating group) is 1. The molecule has 2 N–H and O–H groups in total. The SMILES string of the molecule is CCN1CCN(CC(=O)c2ccc(O)c(O)c2)CC1. The lowest BCUT2D eigenvalue weighted by molar-refractivity contribution is 0.0858. The van der Waals surface area contributed by atoms with Gasteiger partial charge in [0.1, 0.15) is 0 Å². The summed E-state index contributed by atoms with van der Waals surface area (Å²) in [6.45, 7) is 7.32. The summed E-state index contributed by atoms with van der Waals surface area (Å²) in [7, 11) is 0. The highest BCUT2D eigenvalue weighted by Crippen LogP contribution is 2.25. The second kappa shape index (κ2) is 6.04. The van der Waals surface area contributed by atoms with Crippen LogP contribution in [-0.2, 0) is 0 Å². The predicted molar refractivity (Wildman–Crippen MR) is 72.7 cm³/mol. The maximum Gasteiger partial charge on any atom is 0.176 e. The summed E-state index contributed by atoms with van der Waals surface area (Å²) in [5, 5.41) is 18.6. The number of ketones is 1. The minimum Gasteiger partial charge on any atom is -0.504 e. The molecule has 0 radical (unpaired) electrons. The fourth-order valence-electron chi connectivity index (χ4n) is 2.25. The van der Waals surface area contributed by atoms with Crippen molar-refractivity contribution in [2.75, 3.05) is 39.3 Å². The monoisotopic (exact) mass is 264 g/mol. The zero-order chi connectivity index (χ0) is 13.8. The van der Waals surface area contributed by atoms with Crippen molar-refractivity contribution >= 4 is 5.78 Å². The van der Waals surface area contributed by atoms with E-state index in [1.807, 2.05) is 0 Å². The fourth-order valence-corrected chi connectivity index (χ4v) is 2.25. The first kappa shape index (κ1) is 13.8. The van der Waals surface area contributed by atoms with Gasteiger partial charge < -0.3 is 15.1 Å². The van der Waals surface area contributed by atoms with E-state index in [9.17, 15) is 15.0 Å². The molecular weight excluding hydrogens is 244 g/mol. The van der Waals surface area contributed by atoms with Crippen molar-refractivity contribution < 1.29 is 15.0 Å². The summed E-state index contributed by atoms with van der Waals surface area (Å²) in [5.74, 6) is -0.477. The summed E-state index contributed by atoms with van der Waals surface area (Å²) in [6.07, 6.45) is 0. The molecule has 0 unspecified atom stereocenters. The van der Waals surface area contributed by atoms with Gasteiger partial charge in [0, 0.05) is 31.7 Å². The van der Waals surface area contributed by atoms with Crippen LogP contribution in [0, 0.1) is 0 Å². The first-order chi connectivity index (χ1) is 9.10. The molecule has 104 valence electrons. The van der Waals surface area contributed by atoms with Crippen LogP contribution in [0.3, 0.4) is 0 Å². The maximum absolute atomic E-state index is 12.1. The van der Waals surface area contributed by atoms with Crippen LogP contribution >= 0.6 is 0 Å². The highest BCUT2D eigenvalue weighted by Gasteiger charge is 2.19. The van der Waals surface area contributed by atoms with Gasteiger partial charge in [-0.25, -0.2) is 0 Å². The van der Waals surface area contributed by atoms with Crippen LogP contribution < -0.4 is 0 Å². The third-order valence-electron chi connectivity index (χ3n) is 3.58. The van der Waals surface area contributed by atoms with Gasteiger partial charge in [-0.05, 0) is 24.7 Å². The van der Waals surface area contributed by atoms with Crippen molar-refractivity contribution in [3.05, 3.63) is 23.8 Å². The average Bonchev–Trinajstić information content (AvgIpc) is 2.42. The van der Waals surface area contributed by atoms with Gasteiger partial charge in [-0.2, -0.15) is 0 Å². The average molecular weight is 264 g/mol. The van der Waals surface area contributed by atoms with Crippen molar-refractivity contribution in [2.45, 2.75) is 6.92 Å². The molecule has 0 spiro atoms. The Morgan fingerprint density at radius 3 is 2.32 bits per heavy atom. The Balaban J connectivity index is 1.92. The second-order valence-corrected chi connectivity index (χ2v) is 4.84. The standard InChI is InChI=1S/C14H20N2O3/c1-2-15-5-7-16(8-6-15)10-14(19)11-3-4-12(17)13(18)9-11/h3-4,9,17-18H,2,5-8,10H2,1H3. The van der Waals surface area contributed by atoms with Gasteiger partial charge in [0.05, 0.1) is 6.54 Å². The molecule has 0 aliphatic carbocycles. The van der Waals surface area contributed by atoms with Crippen LogP contribution in [0.2, 0.25) is 0 Å². The number of phenolic OH excluding ortho intramolecular Hbond substituents is 2. The van der Waals surface area contributed by atoms with Crippen molar-refractivity contribution in [1.82, 2.24) is 9.80 Å². The number of rotatable bonds is 4. The van der Waals surface area contributed by atoms with Gasteiger partial charge >= 0.3 is 0 Å². The van der Waals surface area contributed by atoms with E-state index in [2.05, 4.69) is 16.7 Å². The van der Waals surface area contributed by atoms with Crippen LogP contribution in [-0.4, -0.2) is 65.1 Å². The Hall–Kier alpha value is -1.59. The largest absolute Gasteiger partial charge is 0.504 e. The van der Waals surface area contributed by atoms with Crippen LogP contribution in [0.15, 0.2) is 18.2 Å². The topological polar surface area (TPSA) is 64.0 Å². The minimum atomic E-state index is -0.248. The quantitative estimate of drug-likeness (QED) is 0.625. The number of hydrogen-bond acceptors (Lipinski definition) is 5. The minimum absolute atomic E-state index is 0.0275. The molecule has 1 aromatic rings. The summed E-state index contributed by atoms with van der Waals surface area (Å²) >= 11 is 0. The summed E-state index contributed by atoms with van der Waals surface area (Å²) in [6, 6.07) is 4.21. The Morgan fingerprint density at radius 1 is 1.11 bits per heavy atom. The molecule has 1 saturated heterocycles. The number of nitrogens with zero attached hydrogens (tertiary/aromatic N) is 2. The van der Waals surface area contributed by atoms with Gasteiger partial charge in [0.25, 0.3) is 0 Å². The Bertz CT molecular complexity index is 454. The smallest absolute Gasteiger partial charge is 0.176 e. The maximum atomic E-state index is 12.1. The number of phenols is 2. The van der Waals surface area contributed by atoms with E-state index < -0.39 is 0 Å². The Labute approximate surface area is 113 Å². The molecule has 1 aromatic carbocycles. The molecule has 0 saturated carbocycles. The van der Waals surface area contributed by atoms with Gasteiger partial charge in [0.15, 0.2) is 17.3 Å². The molecule has 2 rings (SSSR count). The molecule has 5 nitrogen and oxygen atoms in total. The summed E-state index contributed by atoms with van der Waals surface area (Å²) in [5.41, 5.74) is 0.438.